The van der Waals surface area contributed by atoms with Crippen molar-refractivity contribution in [1.82, 2.24) is 0 Å². The number of carbonyl (C=O) groups excluding carboxylic acids is 1. The molecule has 2 aromatic carbocycles. The standard InChI is InChI=1S/C19H17ClN4O6S/c1-3-30-19(25)13(10-21)11-22-16-6-4-5-7-17(16)23-31(28,29)14-8-15(20)12(2)18(9-14)24(26)27/h4-9,11,22-23H,3H2,1-2H3/b13-11+. The minimum atomic E-state index is -4.26. The second kappa shape index (κ2) is 9.92. The number of nitrogens with zero attached hydrogens (tertiary/aromatic N) is 2. The van der Waals surface area contributed by atoms with Crippen LogP contribution in [0.4, 0.5) is 17.1 Å². The van der Waals surface area contributed by atoms with E-state index in [1.54, 1.807) is 25.1 Å². The molecule has 12 heteroatoms. The molecule has 0 heterocycles. The average Bonchev–Trinajstić information content (AvgIpc) is 2.71. The first-order chi connectivity index (χ1) is 14.6. The molecule has 0 amide bonds. The zero-order chi connectivity index (χ0) is 23.2. The van der Waals surface area contributed by atoms with Crippen molar-refractivity contribution in [2.75, 3.05) is 16.6 Å². The lowest BCUT2D eigenvalue weighted by atomic mass is 10.2. The van der Waals surface area contributed by atoms with Gasteiger partial charge in [-0.1, -0.05) is 23.7 Å². The number of nitro groups is 1. The summed E-state index contributed by atoms with van der Waals surface area (Å²) in [6.45, 7) is 3.08. The lowest BCUT2D eigenvalue weighted by molar-refractivity contribution is -0.385. The molecular formula is C19H17ClN4O6S. The highest BCUT2D eigenvalue weighted by molar-refractivity contribution is 7.92. The number of hydrogen-bond acceptors (Lipinski definition) is 8. The Bertz CT molecular complexity index is 1200. The van der Waals surface area contributed by atoms with Gasteiger partial charge in [0.15, 0.2) is 5.57 Å². The van der Waals surface area contributed by atoms with Crippen molar-refractivity contribution < 1.29 is 22.9 Å². The van der Waals surface area contributed by atoms with Crippen LogP contribution in [-0.4, -0.2) is 25.9 Å². The summed E-state index contributed by atoms with van der Waals surface area (Å²) >= 11 is 5.97. The maximum absolute atomic E-state index is 12.8. The lowest BCUT2D eigenvalue weighted by Gasteiger charge is -2.13. The van der Waals surface area contributed by atoms with Gasteiger partial charge in [-0.3, -0.25) is 14.8 Å². The van der Waals surface area contributed by atoms with Gasteiger partial charge in [-0.25, -0.2) is 13.2 Å². The van der Waals surface area contributed by atoms with Gasteiger partial charge in [-0.2, -0.15) is 5.26 Å². The second-order valence-electron chi connectivity index (χ2n) is 5.99. The quantitative estimate of drug-likeness (QED) is 0.197. The summed E-state index contributed by atoms with van der Waals surface area (Å²) in [6.07, 6.45) is 1.08. The minimum Gasteiger partial charge on any atom is -0.462 e. The van der Waals surface area contributed by atoms with Crippen LogP contribution in [0, 0.1) is 28.4 Å². The van der Waals surface area contributed by atoms with Gasteiger partial charge in [0.1, 0.15) is 6.07 Å². The molecule has 0 aliphatic heterocycles. The molecule has 2 N–H and O–H groups in total. The van der Waals surface area contributed by atoms with E-state index >= 15 is 0 Å². The number of esters is 1. The number of para-hydroxylation sites is 2. The third-order valence-electron chi connectivity index (χ3n) is 3.96. The molecule has 162 valence electrons. The second-order valence-corrected chi connectivity index (χ2v) is 8.08. The van der Waals surface area contributed by atoms with Gasteiger partial charge in [-0.05, 0) is 32.0 Å². The van der Waals surface area contributed by atoms with E-state index in [1.165, 1.54) is 19.1 Å². The summed E-state index contributed by atoms with van der Waals surface area (Å²) < 4.78 is 32.7. The van der Waals surface area contributed by atoms with E-state index in [-0.39, 0.29) is 34.1 Å². The molecule has 2 rings (SSSR count). The molecule has 0 saturated carbocycles. The maximum Gasteiger partial charge on any atom is 0.350 e. The molecule has 0 aliphatic carbocycles. The van der Waals surface area contributed by atoms with E-state index in [0.29, 0.717) is 0 Å². The van der Waals surface area contributed by atoms with Crippen molar-refractivity contribution in [3.8, 4) is 6.07 Å². The summed E-state index contributed by atoms with van der Waals surface area (Å²) in [5, 5.41) is 22.9. The minimum absolute atomic E-state index is 0.0687. The van der Waals surface area contributed by atoms with Crippen molar-refractivity contribution in [3.63, 3.8) is 0 Å². The van der Waals surface area contributed by atoms with Crippen LogP contribution < -0.4 is 10.0 Å². The molecule has 0 aliphatic rings. The number of ether oxygens (including phenoxy) is 1. The number of anilines is 2. The summed E-state index contributed by atoms with van der Waals surface area (Å²) in [6, 6.07) is 9.77. The number of benzene rings is 2. The first kappa shape index (κ1) is 23.7. The molecule has 0 spiro atoms. The van der Waals surface area contributed by atoms with Crippen LogP contribution in [0.25, 0.3) is 0 Å². The maximum atomic E-state index is 12.8. The molecule has 0 fully saturated rings. The molecule has 0 unspecified atom stereocenters. The van der Waals surface area contributed by atoms with Crippen molar-refractivity contribution in [2.45, 2.75) is 18.7 Å². The van der Waals surface area contributed by atoms with E-state index in [9.17, 15) is 23.3 Å². The molecule has 0 saturated heterocycles. The summed E-state index contributed by atoms with van der Waals surface area (Å²) in [7, 11) is -4.26. The highest BCUT2D eigenvalue weighted by Crippen LogP contribution is 2.31. The van der Waals surface area contributed by atoms with E-state index in [1.807, 2.05) is 0 Å². The van der Waals surface area contributed by atoms with Gasteiger partial charge >= 0.3 is 5.97 Å². The van der Waals surface area contributed by atoms with Crippen molar-refractivity contribution in [1.29, 1.82) is 5.26 Å². The lowest BCUT2D eigenvalue weighted by Crippen LogP contribution is -2.15. The van der Waals surface area contributed by atoms with Crippen molar-refractivity contribution in [3.05, 3.63) is 68.9 Å². The predicted molar refractivity (Wildman–Crippen MR) is 114 cm³/mol. The monoisotopic (exact) mass is 464 g/mol. The Kier molecular flexibility index (Phi) is 7.57. The zero-order valence-electron chi connectivity index (χ0n) is 16.4. The number of nitro benzene ring substituents is 1. The Morgan fingerprint density at radius 2 is 1.97 bits per heavy atom. The van der Waals surface area contributed by atoms with Crippen molar-refractivity contribution in [2.24, 2.45) is 0 Å². The fourth-order valence-electron chi connectivity index (χ4n) is 2.38. The highest BCUT2D eigenvalue weighted by Gasteiger charge is 2.23. The van der Waals surface area contributed by atoms with Gasteiger partial charge in [0, 0.05) is 17.8 Å². The van der Waals surface area contributed by atoms with E-state index < -0.39 is 31.5 Å². The van der Waals surface area contributed by atoms with Crippen LogP contribution in [0.3, 0.4) is 0 Å². The van der Waals surface area contributed by atoms with Crippen LogP contribution in [0.5, 0.6) is 0 Å². The summed E-state index contributed by atoms with van der Waals surface area (Å²) in [5.74, 6) is -0.836. The van der Waals surface area contributed by atoms with E-state index in [0.717, 1.165) is 18.3 Å². The Balaban J connectivity index is 2.39. The molecule has 2 aromatic rings. The van der Waals surface area contributed by atoms with Crippen LogP contribution >= 0.6 is 11.6 Å². The Morgan fingerprint density at radius 1 is 1.32 bits per heavy atom. The molecule has 31 heavy (non-hydrogen) atoms. The first-order valence-corrected chi connectivity index (χ1v) is 10.6. The highest BCUT2D eigenvalue weighted by atomic mass is 35.5. The smallest absolute Gasteiger partial charge is 0.350 e. The van der Waals surface area contributed by atoms with Crippen LogP contribution in [0.2, 0.25) is 5.02 Å². The largest absolute Gasteiger partial charge is 0.462 e. The number of rotatable bonds is 8. The van der Waals surface area contributed by atoms with Crippen LogP contribution in [0.1, 0.15) is 12.5 Å². The Hall–Kier alpha value is -3.62. The molecule has 0 radical (unpaired) electrons. The number of hydrogen-bond donors (Lipinski definition) is 2. The van der Waals surface area contributed by atoms with Crippen molar-refractivity contribution >= 4 is 44.7 Å². The molecular weight excluding hydrogens is 448 g/mol. The van der Waals surface area contributed by atoms with Crippen LogP contribution in [0.15, 0.2) is 53.1 Å². The topological polar surface area (TPSA) is 151 Å². The molecule has 0 aromatic heterocycles. The summed E-state index contributed by atoms with van der Waals surface area (Å²) in [4.78, 5) is 21.8. The predicted octanol–water partition coefficient (Wildman–Crippen LogP) is 3.74. The number of carbonyl (C=O) groups is 1. The van der Waals surface area contributed by atoms with Gasteiger partial charge in [0.25, 0.3) is 15.7 Å². The first-order valence-electron chi connectivity index (χ1n) is 8.71. The third-order valence-corrected chi connectivity index (χ3v) is 5.69. The Labute approximate surface area is 183 Å². The average molecular weight is 465 g/mol. The van der Waals surface area contributed by atoms with Gasteiger partial charge in [-0.15, -0.1) is 0 Å². The van der Waals surface area contributed by atoms with E-state index in [2.05, 4.69) is 10.0 Å². The van der Waals surface area contributed by atoms with E-state index in [4.69, 9.17) is 21.6 Å². The number of sulfonamides is 1. The van der Waals surface area contributed by atoms with Gasteiger partial charge in [0.05, 0.1) is 32.8 Å². The van der Waals surface area contributed by atoms with Gasteiger partial charge in [0.2, 0.25) is 0 Å². The number of nitrogens with one attached hydrogen (secondary N) is 2. The fraction of sp³-hybridized carbons (Fsp3) is 0.158. The number of nitriles is 1. The molecule has 0 atom stereocenters. The summed E-state index contributed by atoms with van der Waals surface area (Å²) in [5.41, 5.74) is -0.327. The third kappa shape index (κ3) is 5.71. The zero-order valence-corrected chi connectivity index (χ0v) is 18.0. The molecule has 0 bridgehead atoms. The molecule has 10 nitrogen and oxygen atoms in total. The number of halogens is 1. The SMILES string of the molecule is CCOC(=O)/C(C#N)=C/Nc1ccccc1NS(=O)(=O)c1cc(Cl)c(C)c([N+](=O)[O-])c1. The Morgan fingerprint density at radius 3 is 2.55 bits per heavy atom. The normalized spacial score (nSPS) is 11.4. The van der Waals surface area contributed by atoms with Gasteiger partial charge < -0.3 is 10.1 Å². The fourth-order valence-corrected chi connectivity index (χ4v) is 3.79. The van der Waals surface area contributed by atoms with Crippen LogP contribution in [-0.2, 0) is 19.6 Å².